The lowest BCUT2D eigenvalue weighted by molar-refractivity contribution is -0.146. The van der Waals surface area contributed by atoms with Crippen LogP contribution in [0.3, 0.4) is 0 Å². The first-order chi connectivity index (χ1) is 7.59. The Balaban J connectivity index is 2.17. The first kappa shape index (κ1) is 12.9. The molecular weight excluding hydrogens is 214 g/mol. The van der Waals surface area contributed by atoms with Gasteiger partial charge in [-0.1, -0.05) is 0 Å². The molecule has 0 radical (unpaired) electrons. The van der Waals surface area contributed by atoms with E-state index in [4.69, 9.17) is 10.2 Å². The molecule has 7 nitrogen and oxygen atoms in total. The molecule has 1 saturated heterocycles. The summed E-state index contributed by atoms with van der Waals surface area (Å²) in [5.41, 5.74) is 0. The van der Waals surface area contributed by atoms with Gasteiger partial charge in [0.2, 0.25) is 5.91 Å². The van der Waals surface area contributed by atoms with Crippen molar-refractivity contribution in [3.63, 3.8) is 0 Å². The van der Waals surface area contributed by atoms with Gasteiger partial charge < -0.3 is 20.8 Å². The van der Waals surface area contributed by atoms with E-state index in [0.717, 1.165) is 26.2 Å². The molecule has 0 aromatic rings. The predicted molar refractivity (Wildman–Crippen MR) is 56.0 cm³/mol. The molecule has 0 aromatic carbocycles. The van der Waals surface area contributed by atoms with E-state index in [-0.39, 0.29) is 19.0 Å². The summed E-state index contributed by atoms with van der Waals surface area (Å²) in [6, 6.07) is 0. The number of carboxylic acid groups (broad SMARTS) is 1. The Hall–Kier alpha value is -1.18. The van der Waals surface area contributed by atoms with E-state index in [1.807, 2.05) is 4.90 Å². The normalized spacial score (nSPS) is 19.1. The standard InChI is InChI=1S/C9H17N3O4/c13-7(9(15)16)5-11-8(14)6-12-3-1-10-2-4-12/h7,10,13H,1-6H2,(H,11,14)(H,15,16)/t7-/m0/s1. The Morgan fingerprint density at radius 1 is 1.38 bits per heavy atom. The van der Waals surface area contributed by atoms with Crippen LogP contribution in [-0.2, 0) is 9.59 Å². The molecule has 0 aliphatic carbocycles. The van der Waals surface area contributed by atoms with Gasteiger partial charge in [0, 0.05) is 26.2 Å². The first-order valence-electron chi connectivity index (χ1n) is 5.20. The van der Waals surface area contributed by atoms with Gasteiger partial charge >= 0.3 is 5.97 Å². The maximum atomic E-state index is 11.4. The molecule has 1 amide bonds. The molecule has 1 atom stereocenters. The summed E-state index contributed by atoms with van der Waals surface area (Å²) in [4.78, 5) is 23.6. The number of carbonyl (C=O) groups excluding carboxylic acids is 1. The summed E-state index contributed by atoms with van der Waals surface area (Å²) in [6.45, 7) is 3.30. The number of aliphatic carboxylic acids is 1. The first-order valence-corrected chi connectivity index (χ1v) is 5.20. The summed E-state index contributed by atoms with van der Waals surface area (Å²) in [5.74, 6) is -1.59. The van der Waals surface area contributed by atoms with Gasteiger partial charge in [0.15, 0.2) is 6.10 Å². The second-order valence-electron chi connectivity index (χ2n) is 3.68. The van der Waals surface area contributed by atoms with Crippen molar-refractivity contribution in [2.24, 2.45) is 0 Å². The molecule has 1 fully saturated rings. The number of aliphatic hydroxyl groups excluding tert-OH is 1. The van der Waals surface area contributed by atoms with Crippen LogP contribution in [0.15, 0.2) is 0 Å². The average Bonchev–Trinajstić information content (AvgIpc) is 2.27. The summed E-state index contributed by atoms with van der Waals surface area (Å²) in [5, 5.41) is 22.9. The number of nitrogens with one attached hydrogen (secondary N) is 2. The minimum absolute atomic E-state index is 0.244. The van der Waals surface area contributed by atoms with E-state index < -0.39 is 12.1 Å². The van der Waals surface area contributed by atoms with E-state index in [1.165, 1.54) is 0 Å². The van der Waals surface area contributed by atoms with Crippen LogP contribution in [-0.4, -0.2) is 72.4 Å². The molecule has 92 valence electrons. The van der Waals surface area contributed by atoms with Crippen LogP contribution in [0, 0.1) is 0 Å². The van der Waals surface area contributed by atoms with Crippen molar-refractivity contribution in [2.45, 2.75) is 6.10 Å². The summed E-state index contributed by atoms with van der Waals surface area (Å²) in [6.07, 6.45) is -1.54. The number of hydrogen-bond acceptors (Lipinski definition) is 5. The van der Waals surface area contributed by atoms with Crippen molar-refractivity contribution in [3.05, 3.63) is 0 Å². The van der Waals surface area contributed by atoms with Crippen LogP contribution in [0.5, 0.6) is 0 Å². The fourth-order valence-corrected chi connectivity index (χ4v) is 1.43. The van der Waals surface area contributed by atoms with E-state index in [1.54, 1.807) is 0 Å². The Bertz CT molecular complexity index is 253. The van der Waals surface area contributed by atoms with E-state index in [2.05, 4.69) is 10.6 Å². The zero-order valence-corrected chi connectivity index (χ0v) is 8.98. The maximum absolute atomic E-state index is 11.4. The van der Waals surface area contributed by atoms with Crippen molar-refractivity contribution in [2.75, 3.05) is 39.3 Å². The van der Waals surface area contributed by atoms with Crippen molar-refractivity contribution in [1.82, 2.24) is 15.5 Å². The van der Waals surface area contributed by atoms with Gasteiger partial charge in [-0.15, -0.1) is 0 Å². The van der Waals surface area contributed by atoms with Gasteiger partial charge in [-0.05, 0) is 0 Å². The summed E-state index contributed by atoms with van der Waals surface area (Å²) in [7, 11) is 0. The van der Waals surface area contributed by atoms with Crippen molar-refractivity contribution in [1.29, 1.82) is 0 Å². The third-order valence-corrected chi connectivity index (χ3v) is 2.35. The zero-order valence-electron chi connectivity index (χ0n) is 8.98. The lowest BCUT2D eigenvalue weighted by Gasteiger charge is -2.26. The van der Waals surface area contributed by atoms with Gasteiger partial charge in [0.25, 0.3) is 0 Å². The average molecular weight is 231 g/mol. The third kappa shape index (κ3) is 4.56. The molecule has 16 heavy (non-hydrogen) atoms. The summed E-state index contributed by atoms with van der Waals surface area (Å²) < 4.78 is 0. The molecule has 1 heterocycles. The molecule has 1 aliphatic heterocycles. The number of aliphatic hydroxyl groups is 1. The van der Waals surface area contributed by atoms with Gasteiger partial charge in [-0.25, -0.2) is 4.79 Å². The third-order valence-electron chi connectivity index (χ3n) is 2.35. The number of piperazine rings is 1. The number of carbonyl (C=O) groups is 2. The minimum Gasteiger partial charge on any atom is -0.479 e. The smallest absolute Gasteiger partial charge is 0.334 e. The second-order valence-corrected chi connectivity index (χ2v) is 3.68. The molecule has 0 spiro atoms. The van der Waals surface area contributed by atoms with Gasteiger partial charge in [0.05, 0.1) is 13.1 Å². The molecular formula is C9H17N3O4. The number of rotatable bonds is 5. The Morgan fingerprint density at radius 2 is 2.00 bits per heavy atom. The zero-order chi connectivity index (χ0) is 12.0. The van der Waals surface area contributed by atoms with E-state index in [0.29, 0.717) is 0 Å². The van der Waals surface area contributed by atoms with Crippen molar-refractivity contribution in [3.8, 4) is 0 Å². The monoisotopic (exact) mass is 231 g/mol. The fourth-order valence-electron chi connectivity index (χ4n) is 1.43. The van der Waals surface area contributed by atoms with Gasteiger partial charge in [0.1, 0.15) is 0 Å². The summed E-state index contributed by atoms with van der Waals surface area (Å²) >= 11 is 0. The molecule has 0 bridgehead atoms. The minimum atomic E-state index is -1.54. The Morgan fingerprint density at radius 3 is 2.56 bits per heavy atom. The Labute approximate surface area is 93.4 Å². The molecule has 4 N–H and O–H groups in total. The predicted octanol–water partition coefficient (Wildman–Crippen LogP) is -2.55. The highest BCUT2D eigenvalue weighted by Gasteiger charge is 2.16. The second kappa shape index (κ2) is 6.41. The number of nitrogens with zero attached hydrogens (tertiary/aromatic N) is 1. The van der Waals surface area contributed by atoms with Crippen LogP contribution in [0.4, 0.5) is 0 Å². The van der Waals surface area contributed by atoms with Gasteiger partial charge in [-0.3, -0.25) is 9.69 Å². The lowest BCUT2D eigenvalue weighted by atomic mass is 10.3. The van der Waals surface area contributed by atoms with E-state index >= 15 is 0 Å². The van der Waals surface area contributed by atoms with Gasteiger partial charge in [-0.2, -0.15) is 0 Å². The fraction of sp³-hybridized carbons (Fsp3) is 0.778. The van der Waals surface area contributed by atoms with Crippen molar-refractivity contribution < 1.29 is 19.8 Å². The van der Waals surface area contributed by atoms with Crippen LogP contribution >= 0.6 is 0 Å². The van der Waals surface area contributed by atoms with Crippen LogP contribution in [0.25, 0.3) is 0 Å². The molecule has 1 rings (SSSR count). The number of carboxylic acids is 1. The Kier molecular flexibility index (Phi) is 5.17. The molecule has 0 aromatic heterocycles. The highest BCUT2D eigenvalue weighted by molar-refractivity contribution is 5.79. The van der Waals surface area contributed by atoms with Crippen LogP contribution in [0.1, 0.15) is 0 Å². The largest absolute Gasteiger partial charge is 0.479 e. The van der Waals surface area contributed by atoms with Crippen LogP contribution in [0.2, 0.25) is 0 Å². The van der Waals surface area contributed by atoms with Crippen LogP contribution < -0.4 is 10.6 Å². The number of amides is 1. The number of hydrogen-bond donors (Lipinski definition) is 4. The molecule has 1 aliphatic rings. The maximum Gasteiger partial charge on any atom is 0.334 e. The molecule has 0 unspecified atom stereocenters. The quantitative estimate of drug-likeness (QED) is 0.415. The highest BCUT2D eigenvalue weighted by atomic mass is 16.4. The van der Waals surface area contributed by atoms with Crippen molar-refractivity contribution >= 4 is 11.9 Å². The molecule has 0 saturated carbocycles. The SMILES string of the molecule is O=C(CN1CCNCC1)NC[C@H](O)C(=O)O. The highest BCUT2D eigenvalue weighted by Crippen LogP contribution is 1.91. The molecule has 7 heteroatoms. The van der Waals surface area contributed by atoms with E-state index in [9.17, 15) is 9.59 Å². The lowest BCUT2D eigenvalue weighted by Crippen LogP contribution is -2.48. The topological polar surface area (TPSA) is 102 Å².